The first-order valence-electron chi connectivity index (χ1n) is 10.1. The van der Waals surface area contributed by atoms with Gasteiger partial charge in [0, 0.05) is 24.7 Å². The third kappa shape index (κ3) is 4.53. The van der Waals surface area contributed by atoms with E-state index < -0.39 is 0 Å². The second-order valence-electron chi connectivity index (χ2n) is 7.03. The largest absolute Gasteiger partial charge is 0.490 e. The van der Waals surface area contributed by atoms with Crippen LogP contribution < -0.4 is 19.7 Å². The number of amides is 2. The molecule has 0 radical (unpaired) electrons. The van der Waals surface area contributed by atoms with Gasteiger partial charge in [-0.25, -0.2) is 0 Å². The minimum atomic E-state index is -0.195. The quantitative estimate of drug-likeness (QED) is 0.771. The summed E-state index contributed by atoms with van der Waals surface area (Å²) in [5.74, 6) is 1.25. The van der Waals surface area contributed by atoms with Crippen LogP contribution in [0.1, 0.15) is 55.2 Å². The lowest BCUT2D eigenvalue weighted by molar-refractivity contribution is -0.116. The van der Waals surface area contributed by atoms with Crippen molar-refractivity contribution in [3.05, 3.63) is 53.1 Å². The molecule has 29 heavy (non-hydrogen) atoms. The van der Waals surface area contributed by atoms with E-state index in [2.05, 4.69) is 5.32 Å². The summed E-state index contributed by atoms with van der Waals surface area (Å²) in [6.07, 6.45) is 0.766. The number of carbonyl (C=O) groups is 2. The average Bonchev–Trinajstić information content (AvgIpc) is 3.13. The Hall–Kier alpha value is -3.02. The number of anilines is 1. The number of rotatable bonds is 7. The summed E-state index contributed by atoms with van der Waals surface area (Å²) in [6, 6.07) is 11.0. The molecule has 2 amide bonds. The second kappa shape index (κ2) is 8.99. The van der Waals surface area contributed by atoms with Gasteiger partial charge in [0.05, 0.1) is 19.3 Å². The molecule has 1 aliphatic rings. The van der Waals surface area contributed by atoms with E-state index in [1.807, 2.05) is 51.1 Å². The van der Waals surface area contributed by atoms with Gasteiger partial charge < -0.3 is 19.7 Å². The van der Waals surface area contributed by atoms with Gasteiger partial charge in [-0.2, -0.15) is 0 Å². The molecule has 6 nitrogen and oxygen atoms in total. The molecule has 0 aromatic heterocycles. The number of hydrogen-bond donors (Lipinski definition) is 1. The first-order valence-corrected chi connectivity index (χ1v) is 10.1. The number of benzene rings is 2. The predicted octanol–water partition coefficient (Wildman–Crippen LogP) is 3.88. The van der Waals surface area contributed by atoms with Crippen molar-refractivity contribution in [2.45, 2.75) is 40.2 Å². The van der Waals surface area contributed by atoms with Crippen LogP contribution in [0.25, 0.3) is 0 Å². The number of nitrogens with one attached hydrogen (secondary N) is 1. The van der Waals surface area contributed by atoms with Crippen molar-refractivity contribution in [2.75, 3.05) is 24.7 Å². The Kier molecular flexibility index (Phi) is 6.42. The van der Waals surface area contributed by atoms with Crippen molar-refractivity contribution in [2.24, 2.45) is 0 Å². The summed E-state index contributed by atoms with van der Waals surface area (Å²) in [4.78, 5) is 26.2. The van der Waals surface area contributed by atoms with Crippen LogP contribution >= 0.6 is 0 Å². The van der Waals surface area contributed by atoms with Gasteiger partial charge in [0.25, 0.3) is 5.91 Å². The second-order valence-corrected chi connectivity index (χ2v) is 7.03. The Bertz CT molecular complexity index is 910. The molecule has 154 valence electrons. The van der Waals surface area contributed by atoms with E-state index >= 15 is 0 Å². The topological polar surface area (TPSA) is 67.9 Å². The van der Waals surface area contributed by atoms with Crippen molar-refractivity contribution in [1.29, 1.82) is 0 Å². The zero-order valence-electron chi connectivity index (χ0n) is 17.5. The van der Waals surface area contributed by atoms with Gasteiger partial charge >= 0.3 is 0 Å². The van der Waals surface area contributed by atoms with E-state index in [-0.39, 0.29) is 17.9 Å². The molecule has 1 aliphatic heterocycles. The highest BCUT2D eigenvalue weighted by Gasteiger charge is 2.23. The first kappa shape index (κ1) is 20.7. The van der Waals surface area contributed by atoms with E-state index in [9.17, 15) is 9.59 Å². The summed E-state index contributed by atoms with van der Waals surface area (Å²) in [5, 5.41) is 3.04. The standard InChI is InChI=1S/C23H28N2O4/c1-5-28-21-10-8-17(14-22(21)29-6-2)15(3)24-23(27)19-7-9-20-18(13-19)11-12-25(20)16(4)26/h7-10,13-15H,5-6,11-12H2,1-4H3,(H,24,27). The third-order valence-electron chi connectivity index (χ3n) is 5.03. The van der Waals surface area contributed by atoms with Gasteiger partial charge in [0.2, 0.25) is 5.91 Å². The number of carbonyl (C=O) groups excluding carboxylic acids is 2. The fraction of sp³-hybridized carbons (Fsp3) is 0.391. The molecule has 1 N–H and O–H groups in total. The van der Waals surface area contributed by atoms with Gasteiger partial charge in [0.1, 0.15) is 0 Å². The number of fused-ring (bicyclic) bond motifs is 1. The minimum Gasteiger partial charge on any atom is -0.490 e. The van der Waals surface area contributed by atoms with E-state index in [4.69, 9.17) is 9.47 Å². The third-order valence-corrected chi connectivity index (χ3v) is 5.03. The maximum Gasteiger partial charge on any atom is 0.251 e. The minimum absolute atomic E-state index is 0.0233. The van der Waals surface area contributed by atoms with Crippen LogP contribution in [0, 0.1) is 0 Å². The smallest absolute Gasteiger partial charge is 0.251 e. The van der Waals surface area contributed by atoms with E-state index in [1.54, 1.807) is 17.9 Å². The van der Waals surface area contributed by atoms with Gasteiger partial charge in [-0.05, 0) is 68.7 Å². The number of hydrogen-bond acceptors (Lipinski definition) is 4. The lowest BCUT2D eigenvalue weighted by Gasteiger charge is -2.18. The Labute approximate surface area is 171 Å². The van der Waals surface area contributed by atoms with Crippen molar-refractivity contribution in [3.8, 4) is 11.5 Å². The first-order chi connectivity index (χ1) is 13.9. The van der Waals surface area contributed by atoms with Gasteiger partial charge in [0.15, 0.2) is 11.5 Å². The normalized spacial score (nSPS) is 13.6. The van der Waals surface area contributed by atoms with Crippen molar-refractivity contribution in [1.82, 2.24) is 5.32 Å². The van der Waals surface area contributed by atoms with E-state index in [0.29, 0.717) is 36.8 Å². The molecule has 1 atom stereocenters. The Morgan fingerprint density at radius 2 is 1.79 bits per heavy atom. The van der Waals surface area contributed by atoms with Crippen LogP contribution in [0.4, 0.5) is 5.69 Å². The van der Waals surface area contributed by atoms with Gasteiger partial charge in [-0.15, -0.1) is 0 Å². The van der Waals surface area contributed by atoms with Crippen LogP contribution in [0.3, 0.4) is 0 Å². The maximum atomic E-state index is 12.8. The summed E-state index contributed by atoms with van der Waals surface area (Å²) in [7, 11) is 0. The molecule has 1 unspecified atom stereocenters. The average molecular weight is 396 g/mol. The zero-order chi connectivity index (χ0) is 21.0. The maximum absolute atomic E-state index is 12.8. The van der Waals surface area contributed by atoms with Crippen LogP contribution in [-0.2, 0) is 11.2 Å². The van der Waals surface area contributed by atoms with Crippen molar-refractivity contribution >= 4 is 17.5 Å². The molecule has 0 spiro atoms. The Morgan fingerprint density at radius 3 is 2.48 bits per heavy atom. The highest BCUT2D eigenvalue weighted by Crippen LogP contribution is 2.31. The van der Waals surface area contributed by atoms with Crippen LogP contribution in [0.2, 0.25) is 0 Å². The van der Waals surface area contributed by atoms with Crippen molar-refractivity contribution in [3.63, 3.8) is 0 Å². The fourth-order valence-corrected chi connectivity index (χ4v) is 3.57. The number of nitrogens with zero attached hydrogens (tertiary/aromatic N) is 1. The Balaban J connectivity index is 1.74. The van der Waals surface area contributed by atoms with Gasteiger partial charge in [-0.1, -0.05) is 6.07 Å². The molecule has 0 fully saturated rings. The molecule has 3 rings (SSSR count). The molecule has 0 aliphatic carbocycles. The van der Waals surface area contributed by atoms with E-state index in [0.717, 1.165) is 23.2 Å². The fourth-order valence-electron chi connectivity index (χ4n) is 3.57. The van der Waals surface area contributed by atoms with Crippen LogP contribution in [-0.4, -0.2) is 31.6 Å². The summed E-state index contributed by atoms with van der Waals surface area (Å²) in [6.45, 7) is 9.12. The predicted molar refractivity (Wildman–Crippen MR) is 113 cm³/mol. The molecule has 0 saturated carbocycles. The summed E-state index contributed by atoms with van der Waals surface area (Å²) >= 11 is 0. The molecule has 2 aromatic rings. The lowest BCUT2D eigenvalue weighted by atomic mass is 10.1. The molecule has 6 heteroatoms. The molecular formula is C23H28N2O4. The van der Waals surface area contributed by atoms with Crippen LogP contribution in [0.5, 0.6) is 11.5 Å². The molecule has 0 bridgehead atoms. The molecular weight excluding hydrogens is 368 g/mol. The van der Waals surface area contributed by atoms with Crippen molar-refractivity contribution < 1.29 is 19.1 Å². The van der Waals surface area contributed by atoms with E-state index in [1.165, 1.54) is 0 Å². The highest BCUT2D eigenvalue weighted by atomic mass is 16.5. The van der Waals surface area contributed by atoms with Crippen LogP contribution in [0.15, 0.2) is 36.4 Å². The highest BCUT2D eigenvalue weighted by molar-refractivity contribution is 5.98. The molecule has 2 aromatic carbocycles. The van der Waals surface area contributed by atoms with Gasteiger partial charge in [-0.3, -0.25) is 9.59 Å². The lowest BCUT2D eigenvalue weighted by Crippen LogP contribution is -2.27. The monoisotopic (exact) mass is 396 g/mol. The Morgan fingerprint density at radius 1 is 1.07 bits per heavy atom. The SMILES string of the molecule is CCOc1ccc(C(C)NC(=O)c2ccc3c(c2)CCN3C(C)=O)cc1OCC. The molecule has 0 saturated heterocycles. The zero-order valence-corrected chi connectivity index (χ0v) is 17.5. The number of ether oxygens (including phenoxy) is 2. The molecule has 1 heterocycles. The summed E-state index contributed by atoms with van der Waals surface area (Å²) in [5.41, 5.74) is 3.46. The summed E-state index contributed by atoms with van der Waals surface area (Å²) < 4.78 is 11.3.